The van der Waals surface area contributed by atoms with E-state index < -0.39 is 11.6 Å². The van der Waals surface area contributed by atoms with Crippen LogP contribution in [0.25, 0.3) is 0 Å². The Bertz CT molecular complexity index is 535. The van der Waals surface area contributed by atoms with E-state index in [1.165, 1.54) is 10.9 Å². The van der Waals surface area contributed by atoms with Crippen LogP contribution in [0, 0.1) is 11.6 Å². The summed E-state index contributed by atoms with van der Waals surface area (Å²) in [5.74, 6) is -1.72. The van der Waals surface area contributed by atoms with E-state index in [0.29, 0.717) is 6.42 Å². The quantitative estimate of drug-likeness (QED) is 0.740. The standard InChI is InChI=1S/C14H12F2OS/c15-10-6-7-12(13(16)9-10)14(17)5-1-3-11-4-2-8-18-11/h2,4,6-9H,1,3,5H2. The molecule has 1 nitrogen and oxygen atoms in total. The molecule has 0 aliphatic carbocycles. The number of rotatable bonds is 5. The normalized spacial score (nSPS) is 10.6. The van der Waals surface area contributed by atoms with E-state index >= 15 is 0 Å². The van der Waals surface area contributed by atoms with Gasteiger partial charge in [0.15, 0.2) is 5.78 Å². The molecule has 1 aromatic carbocycles. The highest BCUT2D eigenvalue weighted by Crippen LogP contribution is 2.16. The Balaban J connectivity index is 1.91. The Morgan fingerprint density at radius 3 is 2.72 bits per heavy atom. The van der Waals surface area contributed by atoms with Gasteiger partial charge in [0.1, 0.15) is 11.6 Å². The van der Waals surface area contributed by atoms with Crippen LogP contribution in [0.2, 0.25) is 0 Å². The molecule has 0 aliphatic heterocycles. The molecule has 94 valence electrons. The van der Waals surface area contributed by atoms with Gasteiger partial charge in [-0.1, -0.05) is 6.07 Å². The summed E-state index contributed by atoms with van der Waals surface area (Å²) in [6.45, 7) is 0. The van der Waals surface area contributed by atoms with Crippen LogP contribution in [0.5, 0.6) is 0 Å². The number of halogens is 2. The largest absolute Gasteiger partial charge is 0.294 e. The number of hydrogen-bond acceptors (Lipinski definition) is 2. The van der Waals surface area contributed by atoms with Crippen LogP contribution in [-0.2, 0) is 6.42 Å². The minimum absolute atomic E-state index is 0.0254. The van der Waals surface area contributed by atoms with Crippen LogP contribution in [0.3, 0.4) is 0 Å². The summed E-state index contributed by atoms with van der Waals surface area (Å²) in [7, 11) is 0. The van der Waals surface area contributed by atoms with Crippen molar-refractivity contribution in [3.63, 3.8) is 0 Å². The molecule has 0 N–H and O–H groups in total. The van der Waals surface area contributed by atoms with Crippen LogP contribution in [-0.4, -0.2) is 5.78 Å². The molecule has 0 unspecified atom stereocenters. The Kier molecular flexibility index (Phi) is 4.20. The van der Waals surface area contributed by atoms with E-state index in [4.69, 9.17) is 0 Å². The molecule has 0 aliphatic rings. The van der Waals surface area contributed by atoms with Crippen molar-refractivity contribution in [3.8, 4) is 0 Å². The fourth-order valence-electron chi connectivity index (χ4n) is 1.73. The molecule has 0 saturated heterocycles. The summed E-state index contributed by atoms with van der Waals surface area (Å²) in [5.41, 5.74) is -0.0254. The van der Waals surface area contributed by atoms with Gasteiger partial charge in [-0.15, -0.1) is 11.3 Å². The van der Waals surface area contributed by atoms with Crippen molar-refractivity contribution in [1.29, 1.82) is 0 Å². The van der Waals surface area contributed by atoms with E-state index in [-0.39, 0.29) is 17.8 Å². The second-order valence-corrected chi connectivity index (χ2v) is 5.01. The molecule has 1 aromatic heterocycles. The first kappa shape index (κ1) is 12.9. The Morgan fingerprint density at radius 2 is 2.06 bits per heavy atom. The third-order valence-corrected chi connectivity index (χ3v) is 3.57. The van der Waals surface area contributed by atoms with Gasteiger partial charge in [-0.2, -0.15) is 0 Å². The average molecular weight is 266 g/mol. The summed E-state index contributed by atoms with van der Waals surface area (Å²) >= 11 is 1.64. The molecule has 2 rings (SSSR count). The van der Waals surface area contributed by atoms with Gasteiger partial charge in [0.25, 0.3) is 0 Å². The van der Waals surface area contributed by atoms with Gasteiger partial charge >= 0.3 is 0 Å². The number of benzene rings is 1. The van der Waals surface area contributed by atoms with Crippen LogP contribution in [0.15, 0.2) is 35.7 Å². The summed E-state index contributed by atoms with van der Waals surface area (Å²) in [6.07, 6.45) is 1.77. The fraction of sp³-hybridized carbons (Fsp3) is 0.214. The maximum absolute atomic E-state index is 13.3. The van der Waals surface area contributed by atoms with Crippen molar-refractivity contribution in [3.05, 3.63) is 57.8 Å². The molecule has 2 aromatic rings. The number of aryl methyl sites for hydroxylation is 1. The summed E-state index contributed by atoms with van der Waals surface area (Å²) in [5, 5.41) is 1.98. The van der Waals surface area contributed by atoms with Crippen molar-refractivity contribution in [2.45, 2.75) is 19.3 Å². The Morgan fingerprint density at radius 1 is 1.22 bits per heavy atom. The van der Waals surface area contributed by atoms with Gasteiger partial charge in [-0.05, 0) is 36.4 Å². The van der Waals surface area contributed by atoms with Gasteiger partial charge in [0.2, 0.25) is 0 Å². The zero-order valence-electron chi connectivity index (χ0n) is 9.66. The molecular weight excluding hydrogens is 254 g/mol. The minimum Gasteiger partial charge on any atom is -0.294 e. The molecule has 0 amide bonds. The van der Waals surface area contributed by atoms with Gasteiger partial charge in [-0.3, -0.25) is 4.79 Å². The van der Waals surface area contributed by atoms with Crippen molar-refractivity contribution in [2.75, 3.05) is 0 Å². The molecule has 0 radical (unpaired) electrons. The summed E-state index contributed by atoms with van der Waals surface area (Å²) in [6, 6.07) is 7.02. The second-order valence-electron chi connectivity index (χ2n) is 3.98. The Hall–Kier alpha value is -1.55. The molecule has 0 fully saturated rings. The van der Waals surface area contributed by atoms with Crippen molar-refractivity contribution in [2.24, 2.45) is 0 Å². The minimum atomic E-state index is -0.781. The number of ketones is 1. The Labute approximate surface area is 108 Å². The zero-order chi connectivity index (χ0) is 13.0. The third-order valence-electron chi connectivity index (χ3n) is 2.64. The number of carbonyl (C=O) groups is 1. The first-order valence-corrected chi connectivity index (χ1v) is 6.55. The maximum atomic E-state index is 13.3. The predicted octanol–water partition coefficient (Wildman–Crippen LogP) is 4.23. The highest BCUT2D eigenvalue weighted by atomic mass is 32.1. The molecule has 18 heavy (non-hydrogen) atoms. The number of Topliss-reactive ketones (excluding diaryl/α,β-unsaturated/α-hetero) is 1. The molecule has 0 bridgehead atoms. The molecule has 4 heteroatoms. The first-order valence-electron chi connectivity index (χ1n) is 5.67. The molecule has 0 saturated carbocycles. The van der Waals surface area contributed by atoms with Crippen molar-refractivity contribution in [1.82, 2.24) is 0 Å². The lowest BCUT2D eigenvalue weighted by molar-refractivity contribution is 0.0976. The van der Waals surface area contributed by atoms with E-state index in [9.17, 15) is 13.6 Å². The van der Waals surface area contributed by atoms with Gasteiger partial charge in [0.05, 0.1) is 5.56 Å². The lowest BCUT2D eigenvalue weighted by atomic mass is 10.0. The lowest BCUT2D eigenvalue weighted by Gasteiger charge is -2.02. The fourth-order valence-corrected chi connectivity index (χ4v) is 2.48. The van der Waals surface area contributed by atoms with Crippen molar-refractivity contribution >= 4 is 17.1 Å². The van der Waals surface area contributed by atoms with E-state index in [1.807, 2.05) is 17.5 Å². The van der Waals surface area contributed by atoms with Crippen LogP contribution >= 0.6 is 11.3 Å². The first-order chi connectivity index (χ1) is 8.66. The molecule has 0 spiro atoms. The number of hydrogen-bond donors (Lipinski definition) is 0. The maximum Gasteiger partial charge on any atom is 0.165 e. The third kappa shape index (κ3) is 3.23. The van der Waals surface area contributed by atoms with Gasteiger partial charge in [0, 0.05) is 17.4 Å². The van der Waals surface area contributed by atoms with Crippen LogP contribution < -0.4 is 0 Å². The van der Waals surface area contributed by atoms with E-state index in [0.717, 1.165) is 18.6 Å². The summed E-state index contributed by atoms with van der Waals surface area (Å²) in [4.78, 5) is 13.0. The van der Waals surface area contributed by atoms with Crippen LogP contribution in [0.4, 0.5) is 8.78 Å². The molecule has 0 atom stereocenters. The topological polar surface area (TPSA) is 17.1 Å². The SMILES string of the molecule is O=C(CCCc1cccs1)c1ccc(F)cc1F. The van der Waals surface area contributed by atoms with E-state index in [2.05, 4.69) is 0 Å². The summed E-state index contributed by atoms with van der Waals surface area (Å²) < 4.78 is 26.0. The zero-order valence-corrected chi connectivity index (χ0v) is 10.5. The van der Waals surface area contributed by atoms with E-state index in [1.54, 1.807) is 11.3 Å². The monoisotopic (exact) mass is 266 g/mol. The van der Waals surface area contributed by atoms with Gasteiger partial charge < -0.3 is 0 Å². The van der Waals surface area contributed by atoms with Crippen LogP contribution in [0.1, 0.15) is 28.1 Å². The number of thiophene rings is 1. The lowest BCUT2D eigenvalue weighted by Crippen LogP contribution is -2.03. The second kappa shape index (κ2) is 5.87. The average Bonchev–Trinajstić information content (AvgIpc) is 2.81. The van der Waals surface area contributed by atoms with Gasteiger partial charge in [-0.25, -0.2) is 8.78 Å². The molecule has 1 heterocycles. The highest BCUT2D eigenvalue weighted by molar-refractivity contribution is 7.09. The van der Waals surface area contributed by atoms with Crippen molar-refractivity contribution < 1.29 is 13.6 Å². The highest BCUT2D eigenvalue weighted by Gasteiger charge is 2.12. The molecular formula is C14H12F2OS. The number of carbonyl (C=O) groups excluding carboxylic acids is 1. The predicted molar refractivity (Wildman–Crippen MR) is 67.9 cm³/mol. The smallest absolute Gasteiger partial charge is 0.165 e.